The topological polar surface area (TPSA) is 59.2 Å². The van der Waals surface area contributed by atoms with Gasteiger partial charge in [0.1, 0.15) is 5.69 Å². The molecule has 2 N–H and O–H groups in total. The lowest BCUT2D eigenvalue weighted by molar-refractivity contribution is 0.0612. The van der Waals surface area contributed by atoms with Crippen molar-refractivity contribution in [2.45, 2.75) is 20.3 Å². The number of halogens is 1. The van der Waals surface area contributed by atoms with Crippen LogP contribution in [-0.2, 0) is 0 Å². The van der Waals surface area contributed by atoms with Crippen LogP contribution >= 0.6 is 12.4 Å². The summed E-state index contributed by atoms with van der Waals surface area (Å²) in [4.78, 5) is 18.5. The average molecular weight is 284 g/mol. The van der Waals surface area contributed by atoms with Crippen LogP contribution in [-0.4, -0.2) is 35.4 Å². The molecule has 1 saturated heterocycles. The maximum absolute atomic E-state index is 12.3. The number of hydrogen-bond acceptors (Lipinski definition) is 3. The Morgan fingerprint density at radius 3 is 2.89 bits per heavy atom. The first-order valence-corrected chi connectivity index (χ1v) is 6.55. The molecule has 2 unspecified atom stereocenters. The van der Waals surface area contributed by atoms with Crippen molar-refractivity contribution >= 4 is 18.3 Å². The van der Waals surface area contributed by atoms with Crippen LogP contribution in [0.4, 0.5) is 0 Å². The SMILES string of the molecule is Cc1cccc(C(=O)N2CCC(C)C(CN)C2)n1.Cl. The first-order valence-electron chi connectivity index (χ1n) is 6.55. The largest absolute Gasteiger partial charge is 0.337 e. The van der Waals surface area contributed by atoms with Gasteiger partial charge >= 0.3 is 0 Å². The van der Waals surface area contributed by atoms with Gasteiger partial charge in [-0.3, -0.25) is 4.79 Å². The van der Waals surface area contributed by atoms with Crippen molar-refractivity contribution in [1.82, 2.24) is 9.88 Å². The second kappa shape index (κ2) is 6.87. The quantitative estimate of drug-likeness (QED) is 0.901. The number of carbonyl (C=O) groups is 1. The van der Waals surface area contributed by atoms with E-state index in [1.807, 2.05) is 24.0 Å². The minimum atomic E-state index is 0. The minimum absolute atomic E-state index is 0. The van der Waals surface area contributed by atoms with Crippen molar-refractivity contribution in [3.63, 3.8) is 0 Å². The van der Waals surface area contributed by atoms with E-state index in [2.05, 4.69) is 11.9 Å². The number of likely N-dealkylation sites (tertiary alicyclic amines) is 1. The molecule has 1 amide bonds. The highest BCUT2D eigenvalue weighted by molar-refractivity contribution is 5.92. The molecule has 0 saturated carbocycles. The normalized spacial score (nSPS) is 22.8. The van der Waals surface area contributed by atoms with E-state index in [0.717, 1.165) is 25.2 Å². The number of piperidine rings is 1. The Labute approximate surface area is 120 Å². The Kier molecular flexibility index (Phi) is 5.76. The fourth-order valence-electron chi connectivity index (χ4n) is 2.46. The first kappa shape index (κ1) is 15.9. The number of nitrogens with two attached hydrogens (primary N) is 1. The lowest BCUT2D eigenvalue weighted by Gasteiger charge is -2.36. The Morgan fingerprint density at radius 2 is 2.26 bits per heavy atom. The molecule has 0 bridgehead atoms. The molecule has 5 heteroatoms. The van der Waals surface area contributed by atoms with Gasteiger partial charge < -0.3 is 10.6 Å². The van der Waals surface area contributed by atoms with Crippen LogP contribution in [0.25, 0.3) is 0 Å². The Balaban J connectivity index is 0.00000180. The monoisotopic (exact) mass is 283 g/mol. The summed E-state index contributed by atoms with van der Waals surface area (Å²) in [5.74, 6) is 1.04. The van der Waals surface area contributed by atoms with Gasteiger partial charge in [-0.25, -0.2) is 4.98 Å². The van der Waals surface area contributed by atoms with Gasteiger partial charge in [0, 0.05) is 18.8 Å². The summed E-state index contributed by atoms with van der Waals surface area (Å²) in [6, 6.07) is 5.56. The molecule has 0 aliphatic carbocycles. The zero-order chi connectivity index (χ0) is 13.1. The predicted molar refractivity (Wildman–Crippen MR) is 78.5 cm³/mol. The molecule has 1 aromatic rings. The fraction of sp³-hybridized carbons (Fsp3) is 0.571. The zero-order valence-corrected chi connectivity index (χ0v) is 12.3. The summed E-state index contributed by atoms with van der Waals surface area (Å²) in [5.41, 5.74) is 7.18. The first-order chi connectivity index (χ1) is 8.61. The molecule has 1 aromatic heterocycles. The molecule has 106 valence electrons. The predicted octanol–water partition coefficient (Wildman–Crippen LogP) is 1.87. The fourth-order valence-corrected chi connectivity index (χ4v) is 2.46. The summed E-state index contributed by atoms with van der Waals surface area (Å²) in [5, 5.41) is 0. The van der Waals surface area contributed by atoms with Gasteiger partial charge in [0.05, 0.1) is 0 Å². The van der Waals surface area contributed by atoms with Crippen LogP contribution in [0.2, 0.25) is 0 Å². The number of aromatic nitrogens is 1. The van der Waals surface area contributed by atoms with Gasteiger partial charge in [-0.05, 0) is 43.9 Å². The van der Waals surface area contributed by atoms with Crippen LogP contribution in [0.15, 0.2) is 18.2 Å². The number of hydrogen-bond donors (Lipinski definition) is 1. The van der Waals surface area contributed by atoms with Gasteiger partial charge in [-0.1, -0.05) is 13.0 Å². The molecular weight excluding hydrogens is 262 g/mol. The van der Waals surface area contributed by atoms with E-state index in [4.69, 9.17) is 5.73 Å². The van der Waals surface area contributed by atoms with Crippen molar-refractivity contribution in [1.29, 1.82) is 0 Å². The van der Waals surface area contributed by atoms with E-state index in [1.54, 1.807) is 6.07 Å². The molecule has 2 rings (SSSR count). The Hall–Kier alpha value is -1.13. The van der Waals surface area contributed by atoms with Crippen molar-refractivity contribution in [3.05, 3.63) is 29.6 Å². The second-order valence-electron chi connectivity index (χ2n) is 5.18. The molecule has 19 heavy (non-hydrogen) atoms. The van der Waals surface area contributed by atoms with Gasteiger partial charge in [-0.2, -0.15) is 0 Å². The number of carbonyl (C=O) groups excluding carboxylic acids is 1. The number of rotatable bonds is 2. The molecule has 1 aliphatic heterocycles. The van der Waals surface area contributed by atoms with Crippen LogP contribution in [0.5, 0.6) is 0 Å². The van der Waals surface area contributed by atoms with E-state index in [1.165, 1.54) is 0 Å². The molecule has 0 radical (unpaired) electrons. The molecular formula is C14H22ClN3O. The van der Waals surface area contributed by atoms with Crippen molar-refractivity contribution in [2.24, 2.45) is 17.6 Å². The molecule has 0 spiro atoms. The number of nitrogens with zero attached hydrogens (tertiary/aromatic N) is 2. The van der Waals surface area contributed by atoms with E-state index >= 15 is 0 Å². The third-order valence-electron chi connectivity index (χ3n) is 3.81. The van der Waals surface area contributed by atoms with Crippen LogP contribution in [0.1, 0.15) is 29.5 Å². The second-order valence-corrected chi connectivity index (χ2v) is 5.18. The van der Waals surface area contributed by atoms with Crippen LogP contribution in [0, 0.1) is 18.8 Å². The third kappa shape index (κ3) is 3.67. The summed E-state index contributed by atoms with van der Waals surface area (Å²) in [6.07, 6.45) is 1.03. The van der Waals surface area contributed by atoms with E-state index in [-0.39, 0.29) is 18.3 Å². The van der Waals surface area contributed by atoms with Crippen molar-refractivity contribution in [3.8, 4) is 0 Å². The average Bonchev–Trinajstić information content (AvgIpc) is 2.38. The lowest BCUT2D eigenvalue weighted by atomic mass is 9.87. The number of pyridine rings is 1. The molecule has 2 atom stereocenters. The summed E-state index contributed by atoms with van der Waals surface area (Å²) >= 11 is 0. The van der Waals surface area contributed by atoms with Gasteiger partial charge in [0.2, 0.25) is 0 Å². The molecule has 0 aromatic carbocycles. The Bertz CT molecular complexity index is 438. The van der Waals surface area contributed by atoms with Crippen LogP contribution < -0.4 is 5.73 Å². The van der Waals surface area contributed by atoms with E-state index in [9.17, 15) is 4.79 Å². The summed E-state index contributed by atoms with van der Waals surface area (Å²) in [7, 11) is 0. The molecule has 2 heterocycles. The van der Waals surface area contributed by atoms with Gasteiger partial charge in [-0.15, -0.1) is 12.4 Å². The minimum Gasteiger partial charge on any atom is -0.337 e. The highest BCUT2D eigenvalue weighted by atomic mass is 35.5. The van der Waals surface area contributed by atoms with Gasteiger partial charge in [0.15, 0.2) is 0 Å². The zero-order valence-electron chi connectivity index (χ0n) is 11.5. The summed E-state index contributed by atoms with van der Waals surface area (Å²) in [6.45, 7) is 6.33. The van der Waals surface area contributed by atoms with Crippen molar-refractivity contribution in [2.75, 3.05) is 19.6 Å². The number of amides is 1. The third-order valence-corrected chi connectivity index (χ3v) is 3.81. The van der Waals surface area contributed by atoms with E-state index < -0.39 is 0 Å². The number of aryl methyl sites for hydroxylation is 1. The maximum Gasteiger partial charge on any atom is 0.272 e. The highest BCUT2D eigenvalue weighted by Crippen LogP contribution is 2.23. The molecule has 1 fully saturated rings. The maximum atomic E-state index is 12.3. The van der Waals surface area contributed by atoms with Gasteiger partial charge in [0.25, 0.3) is 5.91 Å². The van der Waals surface area contributed by atoms with E-state index in [0.29, 0.717) is 24.1 Å². The Morgan fingerprint density at radius 1 is 1.53 bits per heavy atom. The smallest absolute Gasteiger partial charge is 0.272 e. The molecule has 1 aliphatic rings. The standard InChI is InChI=1S/C14H21N3O.ClH/c1-10-6-7-17(9-12(10)8-15)14(18)13-5-3-4-11(2)16-13;/h3-5,10,12H,6-9,15H2,1-2H3;1H. The van der Waals surface area contributed by atoms with Crippen LogP contribution in [0.3, 0.4) is 0 Å². The highest BCUT2D eigenvalue weighted by Gasteiger charge is 2.28. The lowest BCUT2D eigenvalue weighted by Crippen LogP contribution is -2.45. The summed E-state index contributed by atoms with van der Waals surface area (Å²) < 4.78 is 0. The molecule has 4 nitrogen and oxygen atoms in total. The van der Waals surface area contributed by atoms with Crippen molar-refractivity contribution < 1.29 is 4.79 Å².